The van der Waals surface area contributed by atoms with Gasteiger partial charge in [-0.1, -0.05) is 42.1 Å². The van der Waals surface area contributed by atoms with Crippen LogP contribution in [0.3, 0.4) is 0 Å². The Kier molecular flexibility index (Phi) is 5.84. The average molecular weight is 355 g/mol. The van der Waals surface area contributed by atoms with Crippen molar-refractivity contribution in [3.63, 3.8) is 0 Å². The van der Waals surface area contributed by atoms with Crippen molar-refractivity contribution < 1.29 is 4.79 Å². The molecule has 1 N–H and O–H groups in total. The summed E-state index contributed by atoms with van der Waals surface area (Å²) >= 11 is 12.0. The highest BCUT2D eigenvalue weighted by atomic mass is 35.5. The van der Waals surface area contributed by atoms with E-state index < -0.39 is 0 Å². The molecule has 5 heteroatoms. The van der Waals surface area contributed by atoms with E-state index in [9.17, 15) is 4.79 Å². The molecule has 1 aromatic carbocycles. The first-order valence-electron chi connectivity index (χ1n) is 8.61. The molecule has 126 valence electrons. The van der Waals surface area contributed by atoms with Crippen LogP contribution in [-0.2, 0) is 11.2 Å². The van der Waals surface area contributed by atoms with Gasteiger partial charge in [0.15, 0.2) is 0 Å². The van der Waals surface area contributed by atoms with Crippen LogP contribution in [0, 0.1) is 0 Å². The van der Waals surface area contributed by atoms with Gasteiger partial charge in [0.2, 0.25) is 5.91 Å². The van der Waals surface area contributed by atoms with Crippen molar-refractivity contribution >= 4 is 29.1 Å². The second-order valence-electron chi connectivity index (χ2n) is 6.69. The number of halogens is 2. The van der Waals surface area contributed by atoms with Gasteiger partial charge >= 0.3 is 0 Å². The molecule has 0 spiro atoms. The van der Waals surface area contributed by atoms with Crippen molar-refractivity contribution in [3.05, 3.63) is 33.8 Å². The molecule has 2 fully saturated rings. The minimum atomic E-state index is 0.0829. The maximum atomic E-state index is 12.4. The van der Waals surface area contributed by atoms with E-state index in [-0.39, 0.29) is 11.9 Å². The van der Waals surface area contributed by atoms with E-state index in [2.05, 4.69) is 10.2 Å². The van der Waals surface area contributed by atoms with Crippen LogP contribution >= 0.6 is 23.2 Å². The van der Waals surface area contributed by atoms with Crippen molar-refractivity contribution in [2.75, 3.05) is 13.1 Å². The van der Waals surface area contributed by atoms with Crippen molar-refractivity contribution in [1.82, 2.24) is 10.2 Å². The Morgan fingerprint density at radius 2 is 1.83 bits per heavy atom. The Morgan fingerprint density at radius 3 is 2.57 bits per heavy atom. The Morgan fingerprint density at radius 1 is 1.09 bits per heavy atom. The summed E-state index contributed by atoms with van der Waals surface area (Å²) in [5.74, 6) is 0.0829. The van der Waals surface area contributed by atoms with E-state index in [4.69, 9.17) is 23.2 Å². The highest BCUT2D eigenvalue weighted by Gasteiger charge is 2.32. The number of benzene rings is 1. The maximum Gasteiger partial charge on any atom is 0.224 e. The van der Waals surface area contributed by atoms with E-state index in [0.717, 1.165) is 12.0 Å². The number of nitrogens with zero attached hydrogens (tertiary/aromatic N) is 1. The van der Waals surface area contributed by atoms with Gasteiger partial charge in [-0.2, -0.15) is 0 Å². The molecule has 23 heavy (non-hydrogen) atoms. The summed E-state index contributed by atoms with van der Waals surface area (Å²) in [6, 6.07) is 6.20. The van der Waals surface area contributed by atoms with Gasteiger partial charge in [0.25, 0.3) is 0 Å². The third kappa shape index (κ3) is 4.40. The lowest BCUT2D eigenvalue weighted by molar-refractivity contribution is -0.121. The van der Waals surface area contributed by atoms with Crippen LogP contribution in [0.25, 0.3) is 0 Å². The standard InChI is InChI=1S/C18H24Cl2N2O/c19-14-8-7-13(11-15(14)20)12-18(23)21-16-5-1-2-6-17(16)22-9-3-4-10-22/h7-8,11,16-17H,1-6,9-10,12H2,(H,21,23)/t16-,17+/m1/s1. The second kappa shape index (κ2) is 7.87. The largest absolute Gasteiger partial charge is 0.352 e. The van der Waals surface area contributed by atoms with Crippen LogP contribution < -0.4 is 5.32 Å². The molecule has 1 heterocycles. The third-order valence-corrected chi connectivity index (χ3v) is 5.77. The van der Waals surface area contributed by atoms with Crippen LogP contribution in [0.2, 0.25) is 10.0 Å². The first kappa shape index (κ1) is 17.1. The molecular weight excluding hydrogens is 331 g/mol. The Balaban J connectivity index is 1.59. The number of amides is 1. The summed E-state index contributed by atoms with van der Waals surface area (Å²) in [6.45, 7) is 2.37. The number of hydrogen-bond donors (Lipinski definition) is 1. The quantitative estimate of drug-likeness (QED) is 0.883. The van der Waals surface area contributed by atoms with Gasteiger partial charge in [0.1, 0.15) is 0 Å². The number of carbonyl (C=O) groups excluding carboxylic acids is 1. The van der Waals surface area contributed by atoms with Crippen LogP contribution in [-0.4, -0.2) is 36.0 Å². The fourth-order valence-electron chi connectivity index (χ4n) is 3.88. The molecule has 0 aromatic heterocycles. The Hall–Kier alpha value is -0.770. The summed E-state index contributed by atoms with van der Waals surface area (Å²) in [7, 11) is 0. The molecule has 1 aromatic rings. The molecular formula is C18H24Cl2N2O. The van der Waals surface area contributed by atoms with Crippen LogP contribution in [0.1, 0.15) is 44.1 Å². The Bertz CT molecular complexity index is 558. The van der Waals surface area contributed by atoms with E-state index in [0.29, 0.717) is 22.5 Å². The number of nitrogens with one attached hydrogen (secondary N) is 1. The van der Waals surface area contributed by atoms with Gasteiger partial charge in [-0.05, 0) is 56.5 Å². The molecule has 0 unspecified atom stereocenters. The topological polar surface area (TPSA) is 32.3 Å². The van der Waals surface area contributed by atoms with Crippen LogP contribution in [0.4, 0.5) is 0 Å². The third-order valence-electron chi connectivity index (χ3n) is 5.03. The highest BCUT2D eigenvalue weighted by molar-refractivity contribution is 6.42. The fraction of sp³-hybridized carbons (Fsp3) is 0.611. The monoisotopic (exact) mass is 354 g/mol. The lowest BCUT2D eigenvalue weighted by Crippen LogP contribution is -2.52. The predicted molar refractivity (Wildman–Crippen MR) is 95.2 cm³/mol. The molecule has 2 aliphatic rings. The molecule has 0 bridgehead atoms. The fourth-order valence-corrected chi connectivity index (χ4v) is 4.20. The number of rotatable bonds is 4. The summed E-state index contributed by atoms with van der Waals surface area (Å²) in [5.41, 5.74) is 0.908. The van der Waals surface area contributed by atoms with E-state index >= 15 is 0 Å². The van der Waals surface area contributed by atoms with Gasteiger partial charge < -0.3 is 5.32 Å². The molecule has 1 saturated carbocycles. The molecule has 3 nitrogen and oxygen atoms in total. The number of carbonyl (C=O) groups is 1. The van der Waals surface area contributed by atoms with Crippen molar-refractivity contribution in [3.8, 4) is 0 Å². The minimum absolute atomic E-state index is 0.0829. The van der Waals surface area contributed by atoms with Crippen LogP contribution in [0.5, 0.6) is 0 Å². The number of likely N-dealkylation sites (tertiary alicyclic amines) is 1. The predicted octanol–water partition coefficient (Wildman–Crippen LogP) is 4.06. The van der Waals surface area contributed by atoms with Gasteiger partial charge in [-0.15, -0.1) is 0 Å². The first-order valence-corrected chi connectivity index (χ1v) is 9.36. The second-order valence-corrected chi connectivity index (χ2v) is 7.51. The van der Waals surface area contributed by atoms with E-state index in [1.807, 2.05) is 6.07 Å². The molecule has 0 radical (unpaired) electrons. The Labute approximate surface area is 148 Å². The zero-order valence-electron chi connectivity index (χ0n) is 13.4. The summed E-state index contributed by atoms with van der Waals surface area (Å²) in [6.07, 6.45) is 7.73. The van der Waals surface area contributed by atoms with Gasteiger partial charge in [-0.25, -0.2) is 0 Å². The van der Waals surface area contributed by atoms with Gasteiger partial charge in [-0.3, -0.25) is 9.69 Å². The molecule has 1 aliphatic carbocycles. The SMILES string of the molecule is O=C(Cc1ccc(Cl)c(Cl)c1)N[C@@H]1CCCC[C@@H]1N1CCCC1. The smallest absolute Gasteiger partial charge is 0.224 e. The van der Waals surface area contributed by atoms with Crippen molar-refractivity contribution in [1.29, 1.82) is 0 Å². The lowest BCUT2D eigenvalue weighted by atomic mass is 9.89. The normalized spacial score (nSPS) is 25.5. The first-order chi connectivity index (χ1) is 11.1. The van der Waals surface area contributed by atoms with Crippen molar-refractivity contribution in [2.45, 2.75) is 57.0 Å². The zero-order chi connectivity index (χ0) is 16.2. The lowest BCUT2D eigenvalue weighted by Gasteiger charge is -2.38. The van der Waals surface area contributed by atoms with E-state index in [1.54, 1.807) is 12.1 Å². The molecule has 1 saturated heterocycles. The van der Waals surface area contributed by atoms with Gasteiger partial charge in [0.05, 0.1) is 16.5 Å². The highest BCUT2D eigenvalue weighted by Crippen LogP contribution is 2.27. The minimum Gasteiger partial charge on any atom is -0.352 e. The molecule has 2 atom stereocenters. The van der Waals surface area contributed by atoms with Crippen LogP contribution in [0.15, 0.2) is 18.2 Å². The van der Waals surface area contributed by atoms with E-state index in [1.165, 1.54) is 45.2 Å². The summed E-state index contributed by atoms with van der Waals surface area (Å²) < 4.78 is 0. The maximum absolute atomic E-state index is 12.4. The molecule has 1 aliphatic heterocycles. The number of hydrogen-bond acceptors (Lipinski definition) is 2. The zero-order valence-corrected chi connectivity index (χ0v) is 14.9. The van der Waals surface area contributed by atoms with Crippen molar-refractivity contribution in [2.24, 2.45) is 0 Å². The van der Waals surface area contributed by atoms with Gasteiger partial charge in [0, 0.05) is 12.1 Å². The molecule has 3 rings (SSSR count). The summed E-state index contributed by atoms with van der Waals surface area (Å²) in [5, 5.41) is 4.30. The summed E-state index contributed by atoms with van der Waals surface area (Å²) in [4.78, 5) is 15.0. The molecule has 1 amide bonds. The average Bonchev–Trinajstić information content (AvgIpc) is 3.06.